The maximum atomic E-state index is 12.8. The topological polar surface area (TPSA) is 39.7 Å². The van der Waals surface area contributed by atoms with E-state index in [1.165, 1.54) is 29.3 Å². The third-order valence-corrected chi connectivity index (χ3v) is 9.16. The number of piperazine rings is 1. The number of hydrogen-bond donors (Lipinski definition) is 0. The van der Waals surface area contributed by atoms with E-state index in [9.17, 15) is 4.79 Å². The number of benzene rings is 1. The Labute approximate surface area is 181 Å². The Morgan fingerprint density at radius 3 is 2.59 bits per heavy atom. The first kappa shape index (κ1) is 19.6. The van der Waals surface area contributed by atoms with Crippen LogP contribution in [0.3, 0.4) is 0 Å². The fraction of sp³-hybridized carbons (Fsp3) is 0.636. The first-order valence-electron chi connectivity index (χ1n) is 11.0. The number of anilines is 1. The van der Waals surface area contributed by atoms with Gasteiger partial charge in [0.05, 0.1) is 15.3 Å². The molecule has 2 aliphatic heterocycles. The summed E-state index contributed by atoms with van der Waals surface area (Å²) >= 11 is 3.51. The summed E-state index contributed by atoms with van der Waals surface area (Å²) in [6.07, 6.45) is 6.97. The lowest BCUT2D eigenvalue weighted by atomic mass is 10.1. The Bertz CT molecular complexity index is 855. The van der Waals surface area contributed by atoms with E-state index in [4.69, 9.17) is 4.37 Å². The highest BCUT2D eigenvalue weighted by Crippen LogP contribution is 2.47. The van der Waals surface area contributed by atoms with E-state index in [-0.39, 0.29) is 4.75 Å². The van der Waals surface area contributed by atoms with Crippen LogP contribution in [0.4, 0.5) is 5.82 Å². The Balaban J connectivity index is 1.04. The Morgan fingerprint density at radius 1 is 1.00 bits per heavy atom. The summed E-state index contributed by atoms with van der Waals surface area (Å²) in [5, 5.41) is 1.29. The molecule has 3 aliphatic rings. The normalized spacial score (nSPS) is 22.4. The van der Waals surface area contributed by atoms with Crippen molar-refractivity contribution in [3.8, 4) is 0 Å². The number of fused-ring (bicyclic) bond motifs is 1. The highest BCUT2D eigenvalue weighted by atomic mass is 32.2. The molecule has 0 unspecified atom stereocenters. The molecule has 7 heteroatoms. The lowest BCUT2D eigenvalue weighted by Gasteiger charge is -2.35. The van der Waals surface area contributed by atoms with Crippen molar-refractivity contribution in [1.82, 2.24) is 14.2 Å². The molecule has 1 aliphatic carbocycles. The minimum atomic E-state index is -0.0316. The minimum absolute atomic E-state index is 0.0316. The van der Waals surface area contributed by atoms with Crippen LogP contribution >= 0.6 is 23.3 Å². The van der Waals surface area contributed by atoms with Crippen molar-refractivity contribution in [2.45, 2.75) is 43.3 Å². The van der Waals surface area contributed by atoms with Gasteiger partial charge in [-0.05, 0) is 55.9 Å². The fourth-order valence-electron chi connectivity index (χ4n) is 5.00. The third-order valence-electron chi connectivity index (χ3n) is 6.77. The summed E-state index contributed by atoms with van der Waals surface area (Å²) in [5.41, 5.74) is 0. The smallest absolute Gasteiger partial charge is 0.239 e. The van der Waals surface area contributed by atoms with Crippen LogP contribution in [0.15, 0.2) is 24.3 Å². The van der Waals surface area contributed by atoms with Crippen LogP contribution in [0.1, 0.15) is 38.5 Å². The standard InChI is InChI=1S/C22H30N4OS2/c27-21-22(9-3-4-10-22)28-17-26(21)12-6-5-11-24-13-15-25(16-14-24)20-18-7-1-2-8-19(18)29-23-20/h1-2,7-8H,3-6,9-17H2. The molecule has 0 radical (unpaired) electrons. The van der Waals surface area contributed by atoms with Gasteiger partial charge in [-0.2, -0.15) is 4.37 Å². The van der Waals surface area contributed by atoms with Crippen molar-refractivity contribution < 1.29 is 4.79 Å². The zero-order valence-electron chi connectivity index (χ0n) is 17.0. The van der Waals surface area contributed by atoms with Gasteiger partial charge in [0.1, 0.15) is 5.82 Å². The van der Waals surface area contributed by atoms with Crippen LogP contribution in [0.5, 0.6) is 0 Å². The first-order chi connectivity index (χ1) is 14.3. The SMILES string of the molecule is O=C1N(CCCCN2CCN(c3nsc4ccccc34)CC2)CSC12CCCC2. The third kappa shape index (κ3) is 3.89. The van der Waals surface area contributed by atoms with Gasteiger partial charge in [-0.3, -0.25) is 9.69 Å². The zero-order valence-corrected chi connectivity index (χ0v) is 18.6. The lowest BCUT2D eigenvalue weighted by molar-refractivity contribution is -0.131. The van der Waals surface area contributed by atoms with Gasteiger partial charge in [0, 0.05) is 38.1 Å². The van der Waals surface area contributed by atoms with Crippen LogP contribution in [-0.4, -0.2) is 70.0 Å². The fourth-order valence-corrected chi connectivity index (χ4v) is 7.28. The first-order valence-corrected chi connectivity index (χ1v) is 12.8. The second-order valence-electron chi connectivity index (χ2n) is 8.58. The molecule has 1 spiro atoms. The van der Waals surface area contributed by atoms with E-state index in [2.05, 4.69) is 39.0 Å². The maximum Gasteiger partial charge on any atom is 0.239 e. The molecular weight excluding hydrogens is 400 g/mol. The predicted octanol–water partition coefficient (Wildman–Crippen LogP) is 4.04. The number of carbonyl (C=O) groups excluding carboxylic acids is 1. The Kier molecular flexibility index (Phi) is 5.71. The molecule has 156 valence electrons. The second kappa shape index (κ2) is 8.44. The number of amides is 1. The van der Waals surface area contributed by atoms with Crippen molar-refractivity contribution in [2.24, 2.45) is 0 Å². The number of nitrogens with zero attached hydrogens (tertiary/aromatic N) is 4. The summed E-state index contributed by atoms with van der Waals surface area (Å²) in [6, 6.07) is 8.54. The molecule has 1 saturated carbocycles. The van der Waals surface area contributed by atoms with Crippen molar-refractivity contribution in [3.05, 3.63) is 24.3 Å². The molecule has 0 bridgehead atoms. The van der Waals surface area contributed by atoms with Crippen molar-refractivity contribution in [3.63, 3.8) is 0 Å². The van der Waals surface area contributed by atoms with Gasteiger partial charge in [-0.1, -0.05) is 25.0 Å². The summed E-state index contributed by atoms with van der Waals surface area (Å²) in [4.78, 5) is 19.9. The molecule has 3 heterocycles. The van der Waals surface area contributed by atoms with E-state index in [0.29, 0.717) is 5.91 Å². The molecule has 1 amide bonds. The molecule has 0 atom stereocenters. The van der Waals surface area contributed by atoms with E-state index in [0.717, 1.165) is 70.2 Å². The molecule has 2 saturated heterocycles. The van der Waals surface area contributed by atoms with E-state index in [1.54, 1.807) is 11.5 Å². The van der Waals surface area contributed by atoms with Crippen molar-refractivity contribution in [1.29, 1.82) is 0 Å². The average Bonchev–Trinajstić information content (AvgIpc) is 3.48. The molecule has 2 aromatic rings. The predicted molar refractivity (Wildman–Crippen MR) is 123 cm³/mol. The van der Waals surface area contributed by atoms with Crippen molar-refractivity contribution >= 4 is 45.1 Å². The monoisotopic (exact) mass is 430 g/mol. The molecule has 5 rings (SSSR count). The van der Waals surface area contributed by atoms with Gasteiger partial charge in [-0.15, -0.1) is 11.8 Å². The van der Waals surface area contributed by atoms with E-state index < -0.39 is 0 Å². The van der Waals surface area contributed by atoms with Crippen LogP contribution in [0.2, 0.25) is 0 Å². The highest BCUT2D eigenvalue weighted by molar-refractivity contribution is 8.01. The molecule has 3 fully saturated rings. The summed E-state index contributed by atoms with van der Waals surface area (Å²) in [5.74, 6) is 2.51. The van der Waals surface area contributed by atoms with Gasteiger partial charge in [-0.25, -0.2) is 0 Å². The van der Waals surface area contributed by atoms with Crippen LogP contribution < -0.4 is 4.90 Å². The number of unbranched alkanes of at least 4 members (excludes halogenated alkanes) is 1. The quantitative estimate of drug-likeness (QED) is 0.647. The zero-order chi connectivity index (χ0) is 19.7. The number of rotatable bonds is 6. The molecular formula is C22H30N4OS2. The largest absolute Gasteiger partial charge is 0.353 e. The highest BCUT2D eigenvalue weighted by Gasteiger charge is 2.48. The molecule has 29 heavy (non-hydrogen) atoms. The van der Waals surface area contributed by atoms with E-state index in [1.807, 2.05) is 11.8 Å². The number of thioether (sulfide) groups is 1. The summed E-state index contributed by atoms with van der Waals surface area (Å²) < 4.78 is 5.96. The minimum Gasteiger partial charge on any atom is -0.353 e. The van der Waals surface area contributed by atoms with E-state index >= 15 is 0 Å². The molecule has 0 N–H and O–H groups in total. The maximum absolute atomic E-state index is 12.8. The van der Waals surface area contributed by atoms with Gasteiger partial charge < -0.3 is 9.80 Å². The van der Waals surface area contributed by atoms with Crippen LogP contribution in [0.25, 0.3) is 10.1 Å². The van der Waals surface area contributed by atoms with Gasteiger partial charge in [0.2, 0.25) is 5.91 Å². The Morgan fingerprint density at radius 2 is 1.76 bits per heavy atom. The van der Waals surface area contributed by atoms with Gasteiger partial charge in [0.25, 0.3) is 0 Å². The Hall–Kier alpha value is -1.31. The number of aromatic nitrogens is 1. The number of hydrogen-bond acceptors (Lipinski definition) is 6. The lowest BCUT2D eigenvalue weighted by Crippen LogP contribution is -2.46. The summed E-state index contributed by atoms with van der Waals surface area (Å²) in [7, 11) is 0. The second-order valence-corrected chi connectivity index (χ2v) is 10.7. The van der Waals surface area contributed by atoms with Gasteiger partial charge in [0.15, 0.2) is 0 Å². The number of carbonyl (C=O) groups is 1. The van der Waals surface area contributed by atoms with Crippen LogP contribution in [-0.2, 0) is 4.79 Å². The molecule has 1 aromatic carbocycles. The van der Waals surface area contributed by atoms with Crippen LogP contribution in [0, 0.1) is 0 Å². The molecule has 5 nitrogen and oxygen atoms in total. The van der Waals surface area contributed by atoms with Crippen molar-refractivity contribution in [2.75, 3.05) is 50.0 Å². The summed E-state index contributed by atoms with van der Waals surface area (Å²) in [6.45, 7) is 6.40. The van der Waals surface area contributed by atoms with Gasteiger partial charge >= 0.3 is 0 Å². The molecule has 1 aromatic heterocycles. The average molecular weight is 431 g/mol.